The van der Waals surface area contributed by atoms with E-state index in [0.29, 0.717) is 6.61 Å². The van der Waals surface area contributed by atoms with Crippen LogP contribution in [0, 0.1) is 0 Å². The van der Waals surface area contributed by atoms with E-state index in [1.54, 1.807) is 0 Å². The molecule has 98 valence electrons. The van der Waals surface area contributed by atoms with Crippen molar-refractivity contribution in [1.82, 2.24) is 5.06 Å². The van der Waals surface area contributed by atoms with Crippen molar-refractivity contribution in [2.75, 3.05) is 6.61 Å². The van der Waals surface area contributed by atoms with Crippen LogP contribution < -0.4 is 0 Å². The van der Waals surface area contributed by atoms with Gasteiger partial charge in [-0.3, -0.25) is 4.84 Å². The third-order valence-electron chi connectivity index (χ3n) is 2.66. The molecular formula is C14H19NO3. The van der Waals surface area contributed by atoms with Crippen molar-refractivity contribution in [2.24, 2.45) is 0 Å². The molecule has 0 aliphatic carbocycles. The van der Waals surface area contributed by atoms with Gasteiger partial charge >= 0.3 is 6.09 Å². The molecule has 2 rings (SSSR count). The Labute approximate surface area is 107 Å². The molecule has 0 aromatic heterocycles. The van der Waals surface area contributed by atoms with Crippen LogP contribution in [0.15, 0.2) is 30.3 Å². The number of carbonyl (C=O) groups excluding carboxylic acids is 1. The predicted molar refractivity (Wildman–Crippen MR) is 67.8 cm³/mol. The number of carbonyl (C=O) groups is 1. The first-order valence-electron chi connectivity index (χ1n) is 6.17. The van der Waals surface area contributed by atoms with Crippen LogP contribution in [0.4, 0.5) is 4.79 Å². The highest BCUT2D eigenvalue weighted by Gasteiger charge is 2.34. The van der Waals surface area contributed by atoms with Gasteiger partial charge in [-0.15, -0.1) is 0 Å². The Bertz CT molecular complexity index is 411. The molecule has 1 amide bonds. The molecule has 4 nitrogen and oxygen atoms in total. The molecule has 0 N–H and O–H groups in total. The van der Waals surface area contributed by atoms with E-state index in [2.05, 4.69) is 0 Å². The van der Waals surface area contributed by atoms with E-state index in [1.165, 1.54) is 5.06 Å². The van der Waals surface area contributed by atoms with Gasteiger partial charge < -0.3 is 4.74 Å². The summed E-state index contributed by atoms with van der Waals surface area (Å²) >= 11 is 0. The van der Waals surface area contributed by atoms with Crippen LogP contribution in [-0.2, 0) is 9.57 Å². The fraction of sp³-hybridized carbons (Fsp3) is 0.500. The Morgan fingerprint density at radius 3 is 2.61 bits per heavy atom. The number of amides is 1. The lowest BCUT2D eigenvalue weighted by Crippen LogP contribution is -2.35. The second kappa shape index (κ2) is 4.98. The van der Waals surface area contributed by atoms with Crippen LogP contribution in [0.25, 0.3) is 0 Å². The van der Waals surface area contributed by atoms with Crippen LogP contribution in [0.1, 0.15) is 38.8 Å². The second-order valence-corrected chi connectivity index (χ2v) is 5.35. The molecule has 1 aliphatic heterocycles. The molecule has 1 aromatic rings. The molecular weight excluding hydrogens is 230 g/mol. The number of hydrogen-bond acceptors (Lipinski definition) is 3. The van der Waals surface area contributed by atoms with Gasteiger partial charge in [0.25, 0.3) is 0 Å². The lowest BCUT2D eigenvalue weighted by Gasteiger charge is -2.27. The van der Waals surface area contributed by atoms with Crippen molar-refractivity contribution < 1.29 is 14.4 Å². The minimum atomic E-state index is -0.510. The van der Waals surface area contributed by atoms with Gasteiger partial charge in [-0.2, -0.15) is 5.06 Å². The summed E-state index contributed by atoms with van der Waals surface area (Å²) in [6.45, 7) is 6.08. The van der Waals surface area contributed by atoms with Crippen molar-refractivity contribution in [2.45, 2.75) is 38.8 Å². The number of benzene rings is 1. The highest BCUT2D eigenvalue weighted by Crippen LogP contribution is 2.31. The molecule has 1 aromatic carbocycles. The standard InChI is InChI=1S/C14H19NO3/c1-14(2,3)18-13(16)15-12(9-10-17-15)11-7-5-4-6-8-11/h4-8,12H,9-10H2,1-3H3/t12-/m1/s1. The van der Waals surface area contributed by atoms with Crippen LogP contribution in [-0.4, -0.2) is 23.4 Å². The fourth-order valence-electron chi connectivity index (χ4n) is 1.93. The Hall–Kier alpha value is -1.55. The van der Waals surface area contributed by atoms with Gasteiger partial charge in [-0.25, -0.2) is 4.79 Å². The van der Waals surface area contributed by atoms with Crippen LogP contribution in [0.5, 0.6) is 0 Å². The average Bonchev–Trinajstić information content (AvgIpc) is 2.76. The summed E-state index contributed by atoms with van der Waals surface area (Å²) in [6.07, 6.45) is 0.373. The topological polar surface area (TPSA) is 38.8 Å². The Morgan fingerprint density at radius 1 is 1.33 bits per heavy atom. The lowest BCUT2D eigenvalue weighted by molar-refractivity contribution is -0.125. The first-order valence-corrected chi connectivity index (χ1v) is 6.17. The van der Waals surface area contributed by atoms with Gasteiger partial charge in [0.2, 0.25) is 0 Å². The third kappa shape index (κ3) is 3.01. The van der Waals surface area contributed by atoms with Gasteiger partial charge in [0, 0.05) is 6.42 Å². The van der Waals surface area contributed by atoms with E-state index < -0.39 is 11.7 Å². The number of rotatable bonds is 1. The summed E-state index contributed by atoms with van der Waals surface area (Å²) in [5, 5.41) is 1.35. The molecule has 0 bridgehead atoms. The molecule has 1 aliphatic rings. The molecule has 18 heavy (non-hydrogen) atoms. The molecule has 4 heteroatoms. The van der Waals surface area contributed by atoms with Crippen molar-refractivity contribution in [3.8, 4) is 0 Å². The minimum absolute atomic E-state index is 0.0546. The van der Waals surface area contributed by atoms with E-state index in [-0.39, 0.29) is 6.04 Å². The summed E-state index contributed by atoms with van der Waals surface area (Å²) in [5.74, 6) is 0. The van der Waals surface area contributed by atoms with Gasteiger partial charge in [0.05, 0.1) is 12.6 Å². The van der Waals surface area contributed by atoms with E-state index in [1.807, 2.05) is 51.1 Å². The molecule has 1 saturated heterocycles. The van der Waals surface area contributed by atoms with Crippen molar-refractivity contribution in [3.63, 3.8) is 0 Å². The van der Waals surface area contributed by atoms with Gasteiger partial charge in [-0.1, -0.05) is 30.3 Å². The zero-order chi connectivity index (χ0) is 13.2. The second-order valence-electron chi connectivity index (χ2n) is 5.35. The van der Waals surface area contributed by atoms with Crippen LogP contribution in [0.3, 0.4) is 0 Å². The normalized spacial score (nSPS) is 19.9. The number of ether oxygens (including phenoxy) is 1. The molecule has 1 fully saturated rings. The van der Waals surface area contributed by atoms with Crippen LogP contribution >= 0.6 is 0 Å². The molecule has 1 heterocycles. The highest BCUT2D eigenvalue weighted by atomic mass is 16.7. The number of hydrogen-bond donors (Lipinski definition) is 0. The average molecular weight is 249 g/mol. The Balaban J connectivity index is 2.11. The molecule has 0 saturated carbocycles. The lowest BCUT2D eigenvalue weighted by atomic mass is 10.1. The largest absolute Gasteiger partial charge is 0.442 e. The molecule has 1 atom stereocenters. The maximum absolute atomic E-state index is 12.0. The summed E-state index contributed by atoms with van der Waals surface area (Å²) in [6, 6.07) is 9.81. The van der Waals surface area contributed by atoms with E-state index >= 15 is 0 Å². The smallest absolute Gasteiger partial charge is 0.435 e. The van der Waals surface area contributed by atoms with Gasteiger partial charge in [0.1, 0.15) is 5.60 Å². The predicted octanol–water partition coefficient (Wildman–Crippen LogP) is 3.30. The van der Waals surface area contributed by atoms with Crippen LogP contribution in [0.2, 0.25) is 0 Å². The number of nitrogens with zero attached hydrogens (tertiary/aromatic N) is 1. The molecule has 0 unspecified atom stereocenters. The summed E-state index contributed by atoms with van der Waals surface area (Å²) < 4.78 is 5.34. The fourth-order valence-corrected chi connectivity index (χ4v) is 1.93. The van der Waals surface area contributed by atoms with E-state index in [9.17, 15) is 4.79 Å². The summed E-state index contributed by atoms with van der Waals surface area (Å²) in [4.78, 5) is 17.4. The van der Waals surface area contributed by atoms with E-state index in [4.69, 9.17) is 9.57 Å². The zero-order valence-corrected chi connectivity index (χ0v) is 11.1. The van der Waals surface area contributed by atoms with Gasteiger partial charge in [0.15, 0.2) is 0 Å². The monoisotopic (exact) mass is 249 g/mol. The summed E-state index contributed by atoms with van der Waals surface area (Å²) in [5.41, 5.74) is 0.561. The van der Waals surface area contributed by atoms with Crippen molar-refractivity contribution in [1.29, 1.82) is 0 Å². The SMILES string of the molecule is CC(C)(C)OC(=O)N1OCC[C@@H]1c1ccccc1. The highest BCUT2D eigenvalue weighted by molar-refractivity contribution is 5.67. The van der Waals surface area contributed by atoms with Gasteiger partial charge in [-0.05, 0) is 26.3 Å². The first kappa shape index (κ1) is 12.9. The first-order chi connectivity index (χ1) is 8.47. The Morgan fingerprint density at radius 2 is 2.00 bits per heavy atom. The molecule has 0 spiro atoms. The maximum Gasteiger partial charge on any atom is 0.435 e. The quantitative estimate of drug-likeness (QED) is 0.766. The maximum atomic E-state index is 12.0. The van der Waals surface area contributed by atoms with Crippen molar-refractivity contribution in [3.05, 3.63) is 35.9 Å². The van der Waals surface area contributed by atoms with E-state index in [0.717, 1.165) is 12.0 Å². The number of hydroxylamine groups is 2. The van der Waals surface area contributed by atoms with Crippen molar-refractivity contribution >= 4 is 6.09 Å². The third-order valence-corrected chi connectivity index (χ3v) is 2.66. The summed E-state index contributed by atoms with van der Waals surface area (Å²) in [7, 11) is 0. The Kier molecular flexibility index (Phi) is 3.57. The minimum Gasteiger partial charge on any atom is -0.442 e. The zero-order valence-electron chi connectivity index (χ0n) is 11.1. The molecule has 0 radical (unpaired) electrons.